The molecular weight excluding hydrogens is 459 g/mol. The third-order valence-corrected chi connectivity index (χ3v) is 4.83. The van der Waals surface area contributed by atoms with Crippen molar-refractivity contribution in [3.8, 4) is 11.3 Å². The van der Waals surface area contributed by atoms with Crippen molar-refractivity contribution >= 4 is 42.9 Å². The fourth-order valence-electron chi connectivity index (χ4n) is 2.29. The number of aromatic nitrogens is 3. The van der Waals surface area contributed by atoms with Crippen molar-refractivity contribution in [3.63, 3.8) is 0 Å². The Morgan fingerprint density at radius 1 is 1.29 bits per heavy atom. The van der Waals surface area contributed by atoms with Crippen molar-refractivity contribution in [2.24, 2.45) is 0 Å². The van der Waals surface area contributed by atoms with Crippen LogP contribution in [0.15, 0.2) is 36.5 Å². The number of carbonyl (C=O) groups is 1. The van der Waals surface area contributed by atoms with Crippen molar-refractivity contribution in [2.45, 2.75) is 6.92 Å². The van der Waals surface area contributed by atoms with E-state index in [1.165, 1.54) is 7.11 Å². The molecule has 0 radical (unpaired) electrons. The van der Waals surface area contributed by atoms with Crippen LogP contribution in [-0.2, 0) is 4.74 Å². The Morgan fingerprint density at radius 3 is 2.81 bits per heavy atom. The van der Waals surface area contributed by atoms with Crippen molar-refractivity contribution < 1.29 is 9.53 Å². The molecule has 1 aromatic carbocycles. The van der Waals surface area contributed by atoms with Gasteiger partial charge in [0.15, 0.2) is 0 Å². The minimum absolute atomic E-state index is 0.336. The molecule has 0 fully saturated rings. The molecule has 0 saturated carbocycles. The number of ether oxygens (including phenoxy) is 1. The second-order valence-corrected chi connectivity index (χ2v) is 6.60. The summed E-state index contributed by atoms with van der Waals surface area (Å²) in [4.78, 5) is 15.9. The molecule has 0 aliphatic carbocycles. The van der Waals surface area contributed by atoms with Gasteiger partial charge in [-0.15, -0.1) is 0 Å². The van der Waals surface area contributed by atoms with Gasteiger partial charge >= 0.3 is 138 Å². The summed E-state index contributed by atoms with van der Waals surface area (Å²) in [6.07, 6.45) is 1.77. The average molecular weight is 471 g/mol. The Balaban J connectivity index is 2.25. The Hall–Kier alpha value is -1.77. The van der Waals surface area contributed by atoms with Crippen LogP contribution in [0.25, 0.3) is 22.2 Å². The molecule has 0 spiro atoms. The van der Waals surface area contributed by atoms with Crippen molar-refractivity contribution in [2.75, 3.05) is 7.11 Å². The van der Waals surface area contributed by atoms with Crippen LogP contribution < -0.4 is 0 Å². The molecule has 3 aromatic rings. The maximum atomic E-state index is 11.7. The van der Waals surface area contributed by atoms with Crippen LogP contribution in [-0.4, -0.2) is 51.7 Å². The van der Waals surface area contributed by atoms with E-state index >= 15 is 0 Å². The van der Waals surface area contributed by atoms with Gasteiger partial charge in [-0.05, 0) is 0 Å². The van der Waals surface area contributed by atoms with Gasteiger partial charge in [-0.25, -0.2) is 0 Å². The number of hydrogen-bond donors (Lipinski definition) is 0. The van der Waals surface area contributed by atoms with E-state index in [1.54, 1.807) is 12.3 Å². The number of aryl methyl sites for hydroxylation is 1. The molecule has 102 valence electrons. The van der Waals surface area contributed by atoms with Crippen molar-refractivity contribution in [3.05, 3.63) is 47.8 Å². The van der Waals surface area contributed by atoms with Crippen LogP contribution in [0.4, 0.5) is 0 Å². The predicted octanol–water partition coefficient (Wildman–Crippen LogP) is 2.12. The Morgan fingerprint density at radius 2 is 2.10 bits per heavy atom. The number of pyridine rings is 1. The molecule has 0 unspecified atom stereocenters. The molecule has 0 atom stereocenters. The van der Waals surface area contributed by atoms with Crippen LogP contribution in [0.5, 0.6) is 0 Å². The van der Waals surface area contributed by atoms with Gasteiger partial charge in [-0.3, -0.25) is 0 Å². The molecule has 2 aromatic heterocycles. The van der Waals surface area contributed by atoms with Crippen LogP contribution in [0.2, 0.25) is 0 Å². The van der Waals surface area contributed by atoms with Gasteiger partial charge in [0.25, 0.3) is 0 Å². The number of nitrogens with zero attached hydrogens (tertiary/aromatic N) is 3. The summed E-state index contributed by atoms with van der Waals surface area (Å²) in [6.45, 7) is 1.95. The summed E-state index contributed by atoms with van der Waals surface area (Å²) < 4.78 is 6.76. The van der Waals surface area contributed by atoms with E-state index < -0.39 is 0 Å². The summed E-state index contributed by atoms with van der Waals surface area (Å²) in [5, 5.41) is 5.60. The van der Waals surface area contributed by atoms with Crippen LogP contribution in [0, 0.1) is 6.92 Å². The summed E-state index contributed by atoms with van der Waals surface area (Å²) in [6, 6.07) is 9.47. The zero-order valence-corrected chi connectivity index (χ0v) is 16.2. The SMILES string of the molecule is COC(=O)c1ccc2c(c1)c(-c1ccnc(C)c1)n[n]2[Tl]. The third kappa shape index (κ3) is 2.57. The second kappa shape index (κ2) is 5.55. The topological polar surface area (TPSA) is 57.0 Å². The maximum absolute atomic E-state index is 11.7. The van der Waals surface area contributed by atoms with E-state index in [9.17, 15) is 4.79 Å². The first-order valence-corrected chi connectivity index (χ1v) is 8.40. The minimum atomic E-state index is -0.336. The van der Waals surface area contributed by atoms with Gasteiger partial charge in [0.05, 0.1) is 0 Å². The number of fused-ring (bicyclic) bond motifs is 1. The fraction of sp³-hybridized carbons (Fsp3) is 0.133. The van der Waals surface area contributed by atoms with E-state index in [4.69, 9.17) is 4.74 Å². The number of esters is 1. The second-order valence-electron chi connectivity index (χ2n) is 4.70. The Kier molecular flexibility index (Phi) is 3.75. The zero-order valence-electron chi connectivity index (χ0n) is 11.7. The van der Waals surface area contributed by atoms with Crippen LogP contribution in [0.3, 0.4) is 0 Å². The summed E-state index contributed by atoms with van der Waals surface area (Å²) in [5.74, 6) is -0.336. The number of benzene rings is 1. The summed E-state index contributed by atoms with van der Waals surface area (Å²) in [7, 11) is 1.39. The molecule has 3 rings (SSSR count). The molecule has 0 aliphatic heterocycles. The van der Waals surface area contributed by atoms with Gasteiger partial charge in [0, 0.05) is 0 Å². The van der Waals surface area contributed by atoms with Gasteiger partial charge in [-0.1, -0.05) is 0 Å². The van der Waals surface area contributed by atoms with E-state index in [0.29, 0.717) is 31.6 Å². The van der Waals surface area contributed by atoms with Crippen molar-refractivity contribution in [1.29, 1.82) is 0 Å². The van der Waals surface area contributed by atoms with Gasteiger partial charge < -0.3 is 0 Å². The van der Waals surface area contributed by atoms with Crippen molar-refractivity contribution in [1.82, 2.24) is 12.6 Å². The zero-order chi connectivity index (χ0) is 15.0. The first-order chi connectivity index (χ1) is 10.1. The summed E-state index contributed by atoms with van der Waals surface area (Å²) >= 11 is 0.554. The third-order valence-electron chi connectivity index (χ3n) is 3.30. The molecule has 0 saturated heterocycles. The summed E-state index contributed by atoms with van der Waals surface area (Å²) in [5.41, 5.74) is 4.40. The molecule has 21 heavy (non-hydrogen) atoms. The number of methoxy groups -OCH3 is 1. The Labute approximate surface area is 138 Å². The van der Waals surface area contributed by atoms with E-state index in [2.05, 4.69) is 10.1 Å². The van der Waals surface area contributed by atoms with E-state index in [0.717, 1.165) is 27.9 Å². The molecule has 2 heterocycles. The number of rotatable bonds is 2. The first kappa shape index (κ1) is 14.2. The Bertz CT molecular complexity index is 842. The molecule has 0 N–H and O–H groups in total. The molecule has 0 bridgehead atoms. The van der Waals surface area contributed by atoms with Crippen LogP contribution >= 0.6 is 0 Å². The molecule has 0 amide bonds. The van der Waals surface area contributed by atoms with Crippen LogP contribution in [0.1, 0.15) is 16.1 Å². The molecule has 6 heteroatoms. The van der Waals surface area contributed by atoms with Gasteiger partial charge in [-0.2, -0.15) is 0 Å². The monoisotopic (exact) mass is 471 g/mol. The normalized spacial score (nSPS) is 10.7. The van der Waals surface area contributed by atoms with Gasteiger partial charge in [0.2, 0.25) is 0 Å². The first-order valence-electron chi connectivity index (χ1n) is 6.39. The molecule has 0 aliphatic rings. The number of carbonyl (C=O) groups excluding carboxylic acids is 1. The van der Waals surface area contributed by atoms with E-state index in [1.807, 2.05) is 33.7 Å². The fourth-order valence-corrected chi connectivity index (χ4v) is 3.62. The molecular formula is C15H12N3O2Tl. The average Bonchev–Trinajstić information content (AvgIpc) is 2.83. The number of hydrogen-bond acceptors (Lipinski definition) is 4. The molecule has 5 nitrogen and oxygen atoms in total. The quantitative estimate of drug-likeness (QED) is 0.425. The standard InChI is InChI=1S/C15H13N3O2.Tl/c1-9-7-10(5-6-16-9)14-12-8-11(15(19)20-2)3-4-13(12)17-18-14;/h3-8H,1-2H3,(H,16,17,18,19);/q;+1/p-1. The van der Waals surface area contributed by atoms with Gasteiger partial charge in [0.1, 0.15) is 0 Å². The van der Waals surface area contributed by atoms with E-state index in [-0.39, 0.29) is 5.97 Å². The predicted molar refractivity (Wildman–Crippen MR) is 80.2 cm³/mol.